The Kier molecular flexibility index (Phi) is 6.01. The summed E-state index contributed by atoms with van der Waals surface area (Å²) in [5.41, 5.74) is 5.89. The maximum Gasteiger partial charge on any atom is 0.0659 e. The third kappa shape index (κ3) is 5.09. The van der Waals surface area contributed by atoms with Crippen LogP contribution in [0.3, 0.4) is 0 Å². The Morgan fingerprint density at radius 3 is 2.21 bits per heavy atom. The zero-order chi connectivity index (χ0) is 14.3. The van der Waals surface area contributed by atoms with Crippen molar-refractivity contribution in [1.29, 1.82) is 0 Å². The number of rotatable bonds is 4. The largest absolute Gasteiger partial charge is 0.256 e. The molecule has 0 radical (unpaired) electrons. The fraction of sp³-hybridized carbons (Fsp3) is 0.278. The van der Waals surface area contributed by atoms with E-state index in [-0.39, 0.29) is 0 Å². The highest BCUT2D eigenvalue weighted by Crippen LogP contribution is 2.16. The Morgan fingerprint density at radius 2 is 1.68 bits per heavy atom. The van der Waals surface area contributed by atoms with Gasteiger partial charge in [-0.2, -0.15) is 0 Å². The van der Waals surface area contributed by atoms with Crippen molar-refractivity contribution in [1.82, 2.24) is 4.98 Å². The van der Waals surface area contributed by atoms with Gasteiger partial charge in [0.2, 0.25) is 0 Å². The van der Waals surface area contributed by atoms with Gasteiger partial charge in [0.25, 0.3) is 0 Å². The van der Waals surface area contributed by atoms with Gasteiger partial charge in [-0.25, -0.2) is 0 Å². The summed E-state index contributed by atoms with van der Waals surface area (Å²) in [5, 5.41) is 0. The molecular formula is C18H23N. The lowest BCUT2D eigenvalue weighted by atomic mass is 10.1. The van der Waals surface area contributed by atoms with Gasteiger partial charge in [-0.3, -0.25) is 4.98 Å². The molecule has 0 unspecified atom stereocenters. The van der Waals surface area contributed by atoms with Gasteiger partial charge in [0.1, 0.15) is 0 Å². The van der Waals surface area contributed by atoms with Gasteiger partial charge in [-0.1, -0.05) is 42.0 Å². The van der Waals surface area contributed by atoms with Crippen LogP contribution in [0.25, 0.3) is 11.1 Å². The summed E-state index contributed by atoms with van der Waals surface area (Å²) in [6, 6.07) is 4.20. The average molecular weight is 253 g/mol. The van der Waals surface area contributed by atoms with Crippen LogP contribution >= 0.6 is 0 Å². The highest BCUT2D eigenvalue weighted by molar-refractivity contribution is 5.67. The molecule has 0 aliphatic carbocycles. The van der Waals surface area contributed by atoms with Gasteiger partial charge in [-0.15, -0.1) is 0 Å². The first kappa shape index (κ1) is 15.2. The number of nitrogens with zero attached hydrogens (tertiary/aromatic N) is 1. The summed E-state index contributed by atoms with van der Waals surface area (Å²) in [6.45, 7) is 10.4. The molecule has 0 bridgehead atoms. The predicted octanol–water partition coefficient (Wildman–Crippen LogP) is 5.43. The normalized spacial score (nSPS) is 12.9. The molecule has 1 nitrogen and oxygen atoms in total. The van der Waals surface area contributed by atoms with Crippen molar-refractivity contribution >= 4 is 11.1 Å². The van der Waals surface area contributed by atoms with Crippen molar-refractivity contribution in [3.05, 3.63) is 65.5 Å². The molecule has 0 saturated carbocycles. The van der Waals surface area contributed by atoms with Crippen molar-refractivity contribution in [2.24, 2.45) is 0 Å². The van der Waals surface area contributed by atoms with Crippen LogP contribution in [-0.4, -0.2) is 4.98 Å². The average Bonchev–Trinajstić information content (AvgIpc) is 2.42. The molecule has 1 aromatic rings. The van der Waals surface area contributed by atoms with Crippen LogP contribution in [0.2, 0.25) is 0 Å². The van der Waals surface area contributed by atoms with Crippen molar-refractivity contribution in [3.63, 3.8) is 0 Å². The highest BCUT2D eigenvalue weighted by atomic mass is 14.7. The summed E-state index contributed by atoms with van der Waals surface area (Å²) < 4.78 is 0. The molecule has 1 heterocycles. The topological polar surface area (TPSA) is 12.9 Å². The molecule has 0 fully saturated rings. The molecule has 0 atom stereocenters. The molecule has 0 saturated heterocycles. The first-order valence-electron chi connectivity index (χ1n) is 6.62. The number of hydrogen-bond donors (Lipinski definition) is 0. The van der Waals surface area contributed by atoms with Crippen LogP contribution in [0.1, 0.15) is 45.9 Å². The second-order valence-electron chi connectivity index (χ2n) is 4.90. The molecule has 1 aromatic heterocycles. The van der Waals surface area contributed by atoms with E-state index in [1.165, 1.54) is 16.7 Å². The monoisotopic (exact) mass is 253 g/mol. The summed E-state index contributed by atoms with van der Waals surface area (Å²) in [6.07, 6.45) is 12.3. The van der Waals surface area contributed by atoms with E-state index in [9.17, 15) is 0 Å². The molecule has 0 aromatic carbocycles. The van der Waals surface area contributed by atoms with Crippen molar-refractivity contribution in [2.45, 2.75) is 34.6 Å². The molecule has 0 amide bonds. The smallest absolute Gasteiger partial charge is 0.0659 e. The van der Waals surface area contributed by atoms with E-state index in [1.807, 2.05) is 25.3 Å². The first-order chi connectivity index (χ1) is 9.04. The lowest BCUT2D eigenvalue weighted by molar-refractivity contribution is 1.25. The third-order valence-electron chi connectivity index (χ3n) is 2.83. The van der Waals surface area contributed by atoms with Gasteiger partial charge in [0.05, 0.1) is 5.69 Å². The van der Waals surface area contributed by atoms with Gasteiger partial charge in [-0.05, 0) is 57.4 Å². The maximum atomic E-state index is 4.52. The van der Waals surface area contributed by atoms with Crippen LogP contribution < -0.4 is 0 Å². The molecule has 1 rings (SSSR count). The zero-order valence-electron chi connectivity index (χ0n) is 12.6. The van der Waals surface area contributed by atoms with E-state index in [0.717, 1.165) is 11.3 Å². The lowest BCUT2D eigenvalue weighted by Crippen LogP contribution is -1.88. The summed E-state index contributed by atoms with van der Waals surface area (Å²) in [4.78, 5) is 4.52. The SMILES string of the molecule is CC=CC=C(C)c1ccc(C(C)=CC=C(C)C)nc1. The minimum atomic E-state index is 1.03. The zero-order valence-corrected chi connectivity index (χ0v) is 12.6. The molecule has 19 heavy (non-hydrogen) atoms. The van der Waals surface area contributed by atoms with Crippen molar-refractivity contribution < 1.29 is 0 Å². The minimum Gasteiger partial charge on any atom is -0.256 e. The second kappa shape index (κ2) is 7.52. The first-order valence-corrected chi connectivity index (χ1v) is 6.62. The predicted molar refractivity (Wildman–Crippen MR) is 85.8 cm³/mol. The van der Waals surface area contributed by atoms with Crippen LogP contribution in [0.4, 0.5) is 0 Å². The maximum absolute atomic E-state index is 4.52. The molecule has 100 valence electrons. The minimum absolute atomic E-state index is 1.03. The van der Waals surface area contributed by atoms with Crippen molar-refractivity contribution in [2.75, 3.05) is 0 Å². The number of allylic oxidation sites excluding steroid dienone is 8. The number of hydrogen-bond acceptors (Lipinski definition) is 1. The Bertz CT molecular complexity index is 521. The van der Waals surface area contributed by atoms with Crippen LogP contribution in [0, 0.1) is 0 Å². The third-order valence-corrected chi connectivity index (χ3v) is 2.83. The summed E-state index contributed by atoms with van der Waals surface area (Å²) in [5.74, 6) is 0. The van der Waals surface area contributed by atoms with Crippen molar-refractivity contribution in [3.8, 4) is 0 Å². The molecule has 0 aliphatic heterocycles. The number of aromatic nitrogens is 1. The molecule has 0 spiro atoms. The quantitative estimate of drug-likeness (QED) is 0.652. The Hall–Kier alpha value is -1.89. The van der Waals surface area contributed by atoms with E-state index < -0.39 is 0 Å². The van der Waals surface area contributed by atoms with Gasteiger partial charge in [0, 0.05) is 6.20 Å². The van der Waals surface area contributed by atoms with Gasteiger partial charge in [0.15, 0.2) is 0 Å². The fourth-order valence-corrected chi connectivity index (χ4v) is 1.57. The Labute approximate surface area is 117 Å². The Balaban J connectivity index is 2.94. The summed E-state index contributed by atoms with van der Waals surface area (Å²) in [7, 11) is 0. The van der Waals surface area contributed by atoms with E-state index in [1.54, 1.807) is 0 Å². The van der Waals surface area contributed by atoms with E-state index >= 15 is 0 Å². The Morgan fingerprint density at radius 1 is 0.947 bits per heavy atom. The van der Waals surface area contributed by atoms with Crippen LogP contribution in [0.15, 0.2) is 54.3 Å². The van der Waals surface area contributed by atoms with Gasteiger partial charge >= 0.3 is 0 Å². The van der Waals surface area contributed by atoms with E-state index in [4.69, 9.17) is 0 Å². The second-order valence-corrected chi connectivity index (χ2v) is 4.90. The van der Waals surface area contributed by atoms with E-state index in [0.29, 0.717) is 0 Å². The van der Waals surface area contributed by atoms with Crippen LogP contribution in [-0.2, 0) is 0 Å². The summed E-state index contributed by atoms with van der Waals surface area (Å²) >= 11 is 0. The molecule has 0 N–H and O–H groups in total. The lowest BCUT2D eigenvalue weighted by Gasteiger charge is -2.03. The number of pyridine rings is 1. The molecule has 0 aliphatic rings. The van der Waals surface area contributed by atoms with E-state index in [2.05, 4.69) is 63.0 Å². The molecule has 1 heteroatoms. The van der Waals surface area contributed by atoms with Crippen LogP contribution in [0.5, 0.6) is 0 Å². The highest BCUT2D eigenvalue weighted by Gasteiger charge is 1.99. The fourth-order valence-electron chi connectivity index (χ4n) is 1.57. The van der Waals surface area contributed by atoms with Gasteiger partial charge < -0.3 is 0 Å². The standard InChI is InChI=1S/C18H23N/c1-6-7-8-15(4)17-11-12-18(19-13-17)16(5)10-9-14(2)3/h6-13H,1-5H3. The molecular weight excluding hydrogens is 230 g/mol.